The van der Waals surface area contributed by atoms with Crippen LogP contribution in [0.4, 0.5) is 0 Å². The Hall–Kier alpha value is -6.32. The lowest BCUT2D eigenvalue weighted by Crippen LogP contribution is -2.51. The van der Waals surface area contributed by atoms with Crippen molar-refractivity contribution < 1.29 is 76.3 Å². The lowest BCUT2D eigenvalue weighted by Gasteiger charge is -2.46. The molecule has 16 nitrogen and oxygen atoms in total. The molecule has 0 heterocycles. The molecule has 16 heteroatoms. The van der Waals surface area contributed by atoms with Gasteiger partial charge in [-0.25, -0.2) is 38.4 Å². The highest BCUT2D eigenvalue weighted by molar-refractivity contribution is 5.84. The first-order valence-corrected chi connectivity index (χ1v) is 17.5. The standard InChI is InChI=1S/C41H52O16/c1-13-30(42)50-23-28(26(11)41(56-36(48)19-7)57-37(49)20-8)39(24(9)21-25(10)51-31(43)14-2)40(27(12)52-32(44)15-3)29(53-33(45)16-4)22-38(54-34(46)17-5)55-35(47)18-6/h13-20,24-29,38-41H,1-8,21-23H2,9-12H3. The Bertz CT molecular complexity index is 1500. The smallest absolute Gasteiger partial charge is 0.333 e. The monoisotopic (exact) mass is 800 g/mol. The van der Waals surface area contributed by atoms with Crippen molar-refractivity contribution in [2.75, 3.05) is 6.61 Å². The molecule has 0 amide bonds. The van der Waals surface area contributed by atoms with Gasteiger partial charge < -0.3 is 37.9 Å². The van der Waals surface area contributed by atoms with E-state index in [4.69, 9.17) is 37.9 Å². The first-order valence-electron chi connectivity index (χ1n) is 17.5. The Kier molecular flexibility index (Phi) is 23.5. The second-order valence-corrected chi connectivity index (χ2v) is 12.3. The average molecular weight is 801 g/mol. The van der Waals surface area contributed by atoms with Gasteiger partial charge in [0.25, 0.3) is 12.6 Å². The SMILES string of the molecule is C=CC(=O)OCC(C(C)C(OC(=O)C=C)OC(=O)C=C)C(C(C)CC(C)OC(=O)C=C)C(C(C)OC(=O)C=C)C(CC(OC(=O)C=C)OC(=O)C=C)OC(=O)C=C. The van der Waals surface area contributed by atoms with Crippen LogP contribution in [0.3, 0.4) is 0 Å². The summed E-state index contributed by atoms with van der Waals surface area (Å²) in [4.78, 5) is 101. The molecule has 8 unspecified atom stereocenters. The van der Waals surface area contributed by atoms with Crippen molar-refractivity contribution in [1.82, 2.24) is 0 Å². The van der Waals surface area contributed by atoms with Crippen LogP contribution in [0.25, 0.3) is 0 Å². The molecule has 0 fully saturated rings. The van der Waals surface area contributed by atoms with E-state index < -0.39 is 121 Å². The summed E-state index contributed by atoms with van der Waals surface area (Å²) in [6, 6.07) is 0. The zero-order chi connectivity index (χ0) is 43.8. The number of ether oxygens (including phenoxy) is 8. The summed E-state index contributed by atoms with van der Waals surface area (Å²) in [7, 11) is 0. The van der Waals surface area contributed by atoms with Crippen LogP contribution in [-0.4, -0.2) is 85.3 Å². The largest absolute Gasteiger partial charge is 0.462 e. The molecule has 0 aromatic heterocycles. The Morgan fingerprint density at radius 1 is 0.456 bits per heavy atom. The van der Waals surface area contributed by atoms with E-state index in [0.717, 1.165) is 48.6 Å². The van der Waals surface area contributed by atoms with Crippen LogP contribution in [0.1, 0.15) is 40.5 Å². The third-order valence-electron chi connectivity index (χ3n) is 8.40. The van der Waals surface area contributed by atoms with E-state index in [0.29, 0.717) is 0 Å². The third kappa shape index (κ3) is 18.2. The maximum Gasteiger partial charge on any atom is 0.333 e. The summed E-state index contributed by atoms with van der Waals surface area (Å²) in [5.41, 5.74) is 0. The van der Waals surface area contributed by atoms with E-state index in [9.17, 15) is 38.4 Å². The Labute approximate surface area is 332 Å². The molecule has 0 aromatic carbocycles. The molecule has 8 atom stereocenters. The number of esters is 8. The van der Waals surface area contributed by atoms with Crippen LogP contribution in [0.2, 0.25) is 0 Å². The molecule has 0 aliphatic rings. The summed E-state index contributed by atoms with van der Waals surface area (Å²) in [5.74, 6) is -13.2. The molecule has 0 radical (unpaired) electrons. The molecule has 0 aliphatic carbocycles. The summed E-state index contributed by atoms with van der Waals surface area (Å²) in [6.07, 6.45) is -1.18. The average Bonchev–Trinajstić information content (AvgIpc) is 3.18. The summed E-state index contributed by atoms with van der Waals surface area (Å²) >= 11 is 0. The maximum absolute atomic E-state index is 13.1. The van der Waals surface area contributed by atoms with Gasteiger partial charge in [-0.2, -0.15) is 0 Å². The number of carbonyl (C=O) groups excluding carboxylic acids is 8. The number of hydrogen-bond acceptors (Lipinski definition) is 16. The lowest BCUT2D eigenvalue weighted by molar-refractivity contribution is -0.207. The molecule has 0 N–H and O–H groups in total. The molecule has 0 rings (SSSR count). The lowest BCUT2D eigenvalue weighted by atomic mass is 9.64. The normalized spacial score (nSPS) is 14.7. The van der Waals surface area contributed by atoms with E-state index in [1.54, 1.807) is 13.8 Å². The van der Waals surface area contributed by atoms with E-state index in [1.165, 1.54) is 13.8 Å². The molecule has 0 saturated heterocycles. The van der Waals surface area contributed by atoms with Crippen molar-refractivity contribution in [2.24, 2.45) is 29.6 Å². The molecule has 0 bridgehead atoms. The Balaban J connectivity index is 8.41. The zero-order valence-electron chi connectivity index (χ0n) is 32.7. The van der Waals surface area contributed by atoms with Crippen LogP contribution in [0.5, 0.6) is 0 Å². The molecule has 57 heavy (non-hydrogen) atoms. The molecule has 0 aliphatic heterocycles. The summed E-state index contributed by atoms with van der Waals surface area (Å²) in [5, 5.41) is 0. The highest BCUT2D eigenvalue weighted by Crippen LogP contribution is 2.44. The fraction of sp³-hybridized carbons (Fsp3) is 0.415. The van der Waals surface area contributed by atoms with Crippen molar-refractivity contribution in [3.63, 3.8) is 0 Å². The minimum Gasteiger partial charge on any atom is -0.462 e. The van der Waals surface area contributed by atoms with Crippen LogP contribution in [0, 0.1) is 29.6 Å². The van der Waals surface area contributed by atoms with Gasteiger partial charge in [0.05, 0.1) is 19.1 Å². The fourth-order valence-corrected chi connectivity index (χ4v) is 6.00. The van der Waals surface area contributed by atoms with Gasteiger partial charge in [0, 0.05) is 66.4 Å². The molecular formula is C41H52O16. The van der Waals surface area contributed by atoms with Crippen molar-refractivity contribution in [1.29, 1.82) is 0 Å². The van der Waals surface area contributed by atoms with Gasteiger partial charge in [-0.3, -0.25) is 0 Å². The van der Waals surface area contributed by atoms with Gasteiger partial charge in [0.15, 0.2) is 0 Å². The minimum absolute atomic E-state index is 0.00745. The zero-order valence-corrected chi connectivity index (χ0v) is 32.7. The first kappa shape index (κ1) is 50.7. The van der Waals surface area contributed by atoms with Crippen molar-refractivity contribution in [3.8, 4) is 0 Å². The quantitative estimate of drug-likeness (QED) is 0.0461. The van der Waals surface area contributed by atoms with E-state index in [-0.39, 0.29) is 6.42 Å². The third-order valence-corrected chi connectivity index (χ3v) is 8.40. The van der Waals surface area contributed by atoms with Crippen molar-refractivity contribution >= 4 is 47.8 Å². The first-order chi connectivity index (χ1) is 26.8. The number of rotatable bonds is 28. The minimum atomic E-state index is -1.79. The second kappa shape index (κ2) is 26.5. The summed E-state index contributed by atoms with van der Waals surface area (Å²) in [6.45, 7) is 32.8. The molecule has 0 aromatic rings. The van der Waals surface area contributed by atoms with Gasteiger partial charge in [-0.15, -0.1) is 0 Å². The van der Waals surface area contributed by atoms with Gasteiger partial charge in [0.1, 0.15) is 12.2 Å². The number of hydrogen-bond donors (Lipinski definition) is 0. The van der Waals surface area contributed by atoms with Gasteiger partial charge in [-0.1, -0.05) is 66.5 Å². The van der Waals surface area contributed by atoms with E-state index in [1.807, 2.05) is 0 Å². The van der Waals surface area contributed by atoms with E-state index in [2.05, 4.69) is 52.6 Å². The van der Waals surface area contributed by atoms with Gasteiger partial charge in [0.2, 0.25) is 0 Å². The highest BCUT2D eigenvalue weighted by atomic mass is 16.7. The Morgan fingerprint density at radius 2 is 0.842 bits per heavy atom. The van der Waals surface area contributed by atoms with Crippen LogP contribution < -0.4 is 0 Å². The molecule has 0 spiro atoms. The predicted molar refractivity (Wildman–Crippen MR) is 203 cm³/mol. The molecule has 312 valence electrons. The van der Waals surface area contributed by atoms with E-state index >= 15 is 0 Å². The predicted octanol–water partition coefficient (Wildman–Crippen LogP) is 4.52. The topological polar surface area (TPSA) is 210 Å². The van der Waals surface area contributed by atoms with Crippen LogP contribution in [-0.2, 0) is 76.3 Å². The van der Waals surface area contributed by atoms with Crippen molar-refractivity contribution in [3.05, 3.63) is 101 Å². The molecule has 0 saturated carbocycles. The highest BCUT2D eigenvalue weighted by Gasteiger charge is 2.49. The van der Waals surface area contributed by atoms with Gasteiger partial charge in [-0.05, 0) is 32.1 Å². The fourth-order valence-electron chi connectivity index (χ4n) is 6.00. The second-order valence-electron chi connectivity index (χ2n) is 12.3. The maximum atomic E-state index is 13.1. The van der Waals surface area contributed by atoms with Crippen LogP contribution >= 0.6 is 0 Å². The van der Waals surface area contributed by atoms with Crippen molar-refractivity contribution in [2.45, 2.75) is 71.4 Å². The van der Waals surface area contributed by atoms with Gasteiger partial charge >= 0.3 is 47.8 Å². The number of carbonyl (C=O) groups is 8. The molecular weight excluding hydrogens is 748 g/mol. The summed E-state index contributed by atoms with van der Waals surface area (Å²) < 4.78 is 44.1. The van der Waals surface area contributed by atoms with Crippen LogP contribution in [0.15, 0.2) is 101 Å². The Morgan fingerprint density at radius 3 is 1.28 bits per heavy atom.